The van der Waals surface area contributed by atoms with Crippen LogP contribution in [0.5, 0.6) is 0 Å². The number of rotatable bonds is 10. The van der Waals surface area contributed by atoms with Gasteiger partial charge in [-0.3, -0.25) is 24.1 Å². The highest BCUT2D eigenvalue weighted by molar-refractivity contribution is 6.31. The number of esters is 1. The Hall–Kier alpha value is -4.34. The van der Waals surface area contributed by atoms with E-state index in [1.54, 1.807) is 30.3 Å². The van der Waals surface area contributed by atoms with E-state index >= 15 is 0 Å². The molecular weight excluding hydrogens is 512 g/mol. The zero-order chi connectivity index (χ0) is 27.2. The highest BCUT2D eigenvalue weighted by atomic mass is 35.5. The van der Waals surface area contributed by atoms with Gasteiger partial charge in [0.25, 0.3) is 17.7 Å². The summed E-state index contributed by atoms with van der Waals surface area (Å²) in [5.41, 5.74) is 1.11. The number of anilines is 1. The number of hydrogen-bond donors (Lipinski definition) is 1. The zero-order valence-corrected chi connectivity index (χ0v) is 21.1. The molecular formula is C28H23ClN2O7. The van der Waals surface area contributed by atoms with Crippen molar-refractivity contribution in [3.05, 3.63) is 99.6 Å². The van der Waals surface area contributed by atoms with Crippen molar-refractivity contribution in [3.8, 4) is 0 Å². The molecule has 1 N–H and O–H groups in total. The fraction of sp³-hybridized carbons (Fsp3) is 0.179. The van der Waals surface area contributed by atoms with Gasteiger partial charge in [0.05, 0.1) is 22.4 Å². The van der Waals surface area contributed by atoms with E-state index in [4.69, 9.17) is 21.1 Å². The van der Waals surface area contributed by atoms with E-state index in [0.717, 1.165) is 4.90 Å². The molecule has 9 nitrogen and oxygen atoms in total. The number of fused-ring (bicyclic) bond motifs is 1. The van der Waals surface area contributed by atoms with Gasteiger partial charge in [0, 0.05) is 36.4 Å². The average molecular weight is 535 g/mol. The molecule has 0 atom stereocenters. The molecule has 3 aromatic rings. The van der Waals surface area contributed by atoms with Crippen LogP contribution in [-0.2, 0) is 14.3 Å². The third kappa shape index (κ3) is 5.80. The Bertz CT molecular complexity index is 1420. The van der Waals surface area contributed by atoms with Gasteiger partial charge in [-0.2, -0.15) is 0 Å². The van der Waals surface area contributed by atoms with E-state index in [1.807, 2.05) is 0 Å². The molecule has 0 fully saturated rings. The highest BCUT2D eigenvalue weighted by Gasteiger charge is 2.35. The van der Waals surface area contributed by atoms with E-state index in [9.17, 15) is 24.0 Å². The molecule has 1 heterocycles. The summed E-state index contributed by atoms with van der Waals surface area (Å²) in [6.07, 6.45) is 0.484. The minimum Gasteiger partial charge on any atom is -0.452 e. The van der Waals surface area contributed by atoms with Gasteiger partial charge < -0.3 is 14.8 Å². The molecule has 3 aromatic carbocycles. The molecule has 1 aliphatic rings. The van der Waals surface area contributed by atoms with Crippen LogP contribution in [0.4, 0.5) is 5.69 Å². The second kappa shape index (κ2) is 11.8. The van der Waals surface area contributed by atoms with Crippen molar-refractivity contribution in [2.24, 2.45) is 0 Å². The van der Waals surface area contributed by atoms with E-state index < -0.39 is 30.3 Å². The molecule has 0 bridgehead atoms. The van der Waals surface area contributed by atoms with Crippen molar-refractivity contribution >= 4 is 46.8 Å². The summed E-state index contributed by atoms with van der Waals surface area (Å²) in [6.45, 7) is -0.0574. The molecule has 10 heteroatoms. The summed E-state index contributed by atoms with van der Waals surface area (Å²) >= 11 is 6.07. The molecule has 4 rings (SSSR count). The van der Waals surface area contributed by atoms with Gasteiger partial charge in [0.1, 0.15) is 0 Å². The number of methoxy groups -OCH3 is 1. The first-order chi connectivity index (χ1) is 18.3. The van der Waals surface area contributed by atoms with Gasteiger partial charge in [-0.15, -0.1) is 0 Å². The summed E-state index contributed by atoms with van der Waals surface area (Å²) in [7, 11) is 1.53. The number of benzene rings is 3. The van der Waals surface area contributed by atoms with Crippen LogP contribution in [0.2, 0.25) is 5.02 Å². The minimum absolute atomic E-state index is 0.0166. The molecule has 0 saturated carbocycles. The summed E-state index contributed by atoms with van der Waals surface area (Å²) in [5.74, 6) is -2.82. The number of nitrogens with zero attached hydrogens (tertiary/aromatic N) is 1. The Morgan fingerprint density at radius 2 is 1.63 bits per heavy atom. The molecule has 0 radical (unpaired) electrons. The Morgan fingerprint density at radius 3 is 2.37 bits per heavy atom. The Morgan fingerprint density at radius 1 is 0.895 bits per heavy atom. The molecule has 1 aliphatic heterocycles. The first kappa shape index (κ1) is 26.7. The lowest BCUT2D eigenvalue weighted by Crippen LogP contribution is -2.31. The van der Waals surface area contributed by atoms with Crippen LogP contribution in [0.1, 0.15) is 53.4 Å². The van der Waals surface area contributed by atoms with Crippen molar-refractivity contribution < 1.29 is 33.4 Å². The molecule has 0 spiro atoms. The Kier molecular flexibility index (Phi) is 8.30. The van der Waals surface area contributed by atoms with Crippen LogP contribution >= 0.6 is 11.6 Å². The number of amides is 3. The van der Waals surface area contributed by atoms with Crippen molar-refractivity contribution in [1.29, 1.82) is 0 Å². The number of carbonyl (C=O) groups is 5. The van der Waals surface area contributed by atoms with E-state index in [-0.39, 0.29) is 40.3 Å². The quantitative estimate of drug-likeness (QED) is 0.181. The average Bonchev–Trinajstić information content (AvgIpc) is 3.17. The molecule has 3 amide bonds. The second-order valence-corrected chi connectivity index (χ2v) is 8.81. The van der Waals surface area contributed by atoms with E-state index in [1.165, 1.54) is 43.5 Å². The summed E-state index contributed by atoms with van der Waals surface area (Å²) < 4.78 is 10.1. The number of nitrogens with one attached hydrogen (secondary N) is 1. The fourth-order valence-electron chi connectivity index (χ4n) is 3.95. The maximum atomic E-state index is 12.9. The van der Waals surface area contributed by atoms with Gasteiger partial charge in [-0.25, -0.2) is 4.79 Å². The van der Waals surface area contributed by atoms with Crippen molar-refractivity contribution in [3.63, 3.8) is 0 Å². The molecule has 194 valence electrons. The monoisotopic (exact) mass is 534 g/mol. The number of ketones is 1. The fourth-order valence-corrected chi connectivity index (χ4v) is 4.12. The standard InChI is InChI=1S/C28H23ClN2O7/c1-37-13-5-12-31-26(34)20-10-8-18(14-21(20)27(31)35)28(36)38-16-24(32)30-23-11-9-19(29)15-22(23)25(33)17-6-3-2-4-7-17/h2-4,6-11,14-15H,5,12-13,16H2,1H3,(H,30,32). The molecule has 0 saturated heterocycles. The Balaban J connectivity index is 1.41. The second-order valence-electron chi connectivity index (χ2n) is 8.38. The van der Waals surface area contributed by atoms with Gasteiger partial charge >= 0.3 is 5.97 Å². The van der Waals surface area contributed by atoms with Gasteiger partial charge in [-0.05, 0) is 42.8 Å². The van der Waals surface area contributed by atoms with Gasteiger partial charge in [-0.1, -0.05) is 41.9 Å². The van der Waals surface area contributed by atoms with Crippen LogP contribution in [0, 0.1) is 0 Å². The topological polar surface area (TPSA) is 119 Å². The van der Waals surface area contributed by atoms with Crippen LogP contribution < -0.4 is 5.32 Å². The summed E-state index contributed by atoms with van der Waals surface area (Å²) in [4.78, 5) is 64.4. The zero-order valence-electron chi connectivity index (χ0n) is 20.4. The largest absolute Gasteiger partial charge is 0.452 e. The van der Waals surface area contributed by atoms with Crippen molar-refractivity contribution in [1.82, 2.24) is 4.90 Å². The minimum atomic E-state index is -0.849. The molecule has 38 heavy (non-hydrogen) atoms. The highest BCUT2D eigenvalue weighted by Crippen LogP contribution is 2.25. The van der Waals surface area contributed by atoms with E-state index in [2.05, 4.69) is 5.32 Å². The predicted octanol–water partition coefficient (Wildman–Crippen LogP) is 4.00. The molecule has 0 aromatic heterocycles. The maximum absolute atomic E-state index is 12.9. The van der Waals surface area contributed by atoms with Crippen molar-refractivity contribution in [2.75, 3.05) is 32.2 Å². The number of ether oxygens (including phenoxy) is 2. The lowest BCUT2D eigenvalue weighted by atomic mass is 10.0. The number of hydrogen-bond acceptors (Lipinski definition) is 7. The van der Waals surface area contributed by atoms with Gasteiger partial charge in [0.2, 0.25) is 0 Å². The smallest absolute Gasteiger partial charge is 0.338 e. The van der Waals surface area contributed by atoms with Crippen LogP contribution in [0.15, 0.2) is 66.7 Å². The Labute approximate surface area is 223 Å². The van der Waals surface area contributed by atoms with Crippen LogP contribution in [0.25, 0.3) is 0 Å². The summed E-state index contributed by atoms with van der Waals surface area (Å²) in [6, 6.07) is 17.0. The first-order valence-electron chi connectivity index (χ1n) is 11.7. The lowest BCUT2D eigenvalue weighted by molar-refractivity contribution is -0.119. The molecule has 0 unspecified atom stereocenters. The van der Waals surface area contributed by atoms with Crippen LogP contribution in [0.3, 0.4) is 0 Å². The SMILES string of the molecule is COCCCN1C(=O)c2ccc(C(=O)OCC(=O)Nc3ccc(Cl)cc3C(=O)c3ccccc3)cc2C1=O. The molecule has 0 aliphatic carbocycles. The van der Waals surface area contributed by atoms with Crippen LogP contribution in [-0.4, -0.2) is 61.2 Å². The van der Waals surface area contributed by atoms with E-state index in [0.29, 0.717) is 23.6 Å². The number of carbonyl (C=O) groups excluding carboxylic acids is 5. The third-order valence-electron chi connectivity index (χ3n) is 5.81. The summed E-state index contributed by atoms with van der Waals surface area (Å²) in [5, 5.41) is 2.88. The predicted molar refractivity (Wildman–Crippen MR) is 139 cm³/mol. The lowest BCUT2D eigenvalue weighted by Gasteiger charge is -2.12. The van der Waals surface area contributed by atoms with Crippen molar-refractivity contribution in [2.45, 2.75) is 6.42 Å². The maximum Gasteiger partial charge on any atom is 0.338 e. The number of halogens is 1. The van der Waals surface area contributed by atoms with Gasteiger partial charge in [0.15, 0.2) is 12.4 Å². The first-order valence-corrected chi connectivity index (χ1v) is 12.0. The third-order valence-corrected chi connectivity index (χ3v) is 6.04. The number of imide groups is 1. The normalized spacial score (nSPS) is 12.3.